The van der Waals surface area contributed by atoms with Crippen LogP contribution < -0.4 is 5.32 Å². The summed E-state index contributed by atoms with van der Waals surface area (Å²) < 4.78 is 0. The topological polar surface area (TPSA) is 52.9 Å². The highest BCUT2D eigenvalue weighted by Crippen LogP contribution is 1.90. The second kappa shape index (κ2) is 5.48. The standard InChI is InChI=1S/C8H12N2O/c1-3-7(2)8(11)10-6-4-5-9/h3H,4,6H2,1-2H3,(H,10,11). The number of allylic oxidation sites excluding steroid dienone is 1. The van der Waals surface area contributed by atoms with E-state index in [1.807, 2.05) is 6.07 Å². The summed E-state index contributed by atoms with van der Waals surface area (Å²) in [5.74, 6) is -0.0947. The number of amides is 1. The lowest BCUT2D eigenvalue weighted by atomic mass is 10.3. The molecule has 0 rings (SSSR count). The minimum Gasteiger partial charge on any atom is -0.351 e. The van der Waals surface area contributed by atoms with Crippen molar-refractivity contribution in [3.8, 4) is 6.07 Å². The molecule has 0 saturated carbocycles. The summed E-state index contributed by atoms with van der Waals surface area (Å²) in [4.78, 5) is 11.0. The molecule has 1 amide bonds. The number of nitrogens with one attached hydrogen (secondary N) is 1. The van der Waals surface area contributed by atoms with Crippen LogP contribution in [0.4, 0.5) is 0 Å². The van der Waals surface area contributed by atoms with E-state index in [9.17, 15) is 4.79 Å². The SMILES string of the molecule is CC=C(C)C(=O)NCCC#N. The lowest BCUT2D eigenvalue weighted by Gasteiger charge is -2.00. The molecule has 0 spiro atoms. The van der Waals surface area contributed by atoms with Gasteiger partial charge in [-0.2, -0.15) is 5.26 Å². The van der Waals surface area contributed by atoms with Crippen molar-refractivity contribution in [3.05, 3.63) is 11.6 Å². The fourth-order valence-corrected chi connectivity index (χ4v) is 0.502. The first-order valence-corrected chi connectivity index (χ1v) is 3.50. The summed E-state index contributed by atoms with van der Waals surface area (Å²) in [6, 6.07) is 1.95. The van der Waals surface area contributed by atoms with Gasteiger partial charge in [-0.05, 0) is 13.8 Å². The molecule has 0 aliphatic carbocycles. The average molecular weight is 152 g/mol. The molecule has 0 aliphatic heterocycles. The molecule has 0 aromatic heterocycles. The van der Waals surface area contributed by atoms with Gasteiger partial charge < -0.3 is 5.32 Å². The molecule has 0 heterocycles. The Kier molecular flexibility index (Phi) is 4.83. The van der Waals surface area contributed by atoms with Gasteiger partial charge in [-0.15, -0.1) is 0 Å². The van der Waals surface area contributed by atoms with Crippen molar-refractivity contribution in [1.82, 2.24) is 5.32 Å². The maximum absolute atomic E-state index is 11.0. The molecule has 60 valence electrons. The van der Waals surface area contributed by atoms with E-state index in [1.165, 1.54) is 0 Å². The highest BCUT2D eigenvalue weighted by molar-refractivity contribution is 5.92. The van der Waals surface area contributed by atoms with Crippen molar-refractivity contribution in [3.63, 3.8) is 0 Å². The van der Waals surface area contributed by atoms with E-state index in [0.29, 0.717) is 18.5 Å². The molecule has 1 N–H and O–H groups in total. The zero-order valence-electron chi connectivity index (χ0n) is 6.85. The van der Waals surface area contributed by atoms with Gasteiger partial charge in [0.05, 0.1) is 12.5 Å². The van der Waals surface area contributed by atoms with Gasteiger partial charge in [0, 0.05) is 12.1 Å². The lowest BCUT2D eigenvalue weighted by molar-refractivity contribution is -0.117. The van der Waals surface area contributed by atoms with Gasteiger partial charge in [0.2, 0.25) is 5.91 Å². The van der Waals surface area contributed by atoms with E-state index in [-0.39, 0.29) is 5.91 Å². The maximum Gasteiger partial charge on any atom is 0.246 e. The molecule has 11 heavy (non-hydrogen) atoms. The summed E-state index contributed by atoms with van der Waals surface area (Å²) in [5, 5.41) is 10.8. The molecule has 3 heteroatoms. The summed E-state index contributed by atoms with van der Waals surface area (Å²) in [5.41, 5.74) is 0.683. The molecule has 0 atom stereocenters. The van der Waals surface area contributed by atoms with E-state index in [0.717, 1.165) is 0 Å². The van der Waals surface area contributed by atoms with Crippen LogP contribution in [0.15, 0.2) is 11.6 Å². The number of hydrogen-bond donors (Lipinski definition) is 1. The fraction of sp³-hybridized carbons (Fsp3) is 0.500. The summed E-state index contributed by atoms with van der Waals surface area (Å²) >= 11 is 0. The highest BCUT2D eigenvalue weighted by atomic mass is 16.1. The van der Waals surface area contributed by atoms with Crippen molar-refractivity contribution >= 4 is 5.91 Å². The van der Waals surface area contributed by atoms with Crippen LogP contribution in [-0.2, 0) is 4.79 Å². The van der Waals surface area contributed by atoms with Gasteiger partial charge in [-0.25, -0.2) is 0 Å². The van der Waals surface area contributed by atoms with Crippen LogP contribution in [0, 0.1) is 11.3 Å². The number of hydrogen-bond acceptors (Lipinski definition) is 2. The predicted octanol–water partition coefficient (Wildman–Crippen LogP) is 0.982. The Bertz CT molecular complexity index is 201. The molecular formula is C8H12N2O. The van der Waals surface area contributed by atoms with E-state index in [1.54, 1.807) is 19.9 Å². The van der Waals surface area contributed by atoms with Crippen LogP contribution in [0.3, 0.4) is 0 Å². The fourth-order valence-electron chi connectivity index (χ4n) is 0.502. The largest absolute Gasteiger partial charge is 0.351 e. The molecule has 0 aromatic rings. The van der Waals surface area contributed by atoms with Crippen molar-refractivity contribution in [2.45, 2.75) is 20.3 Å². The van der Waals surface area contributed by atoms with Gasteiger partial charge in [0.15, 0.2) is 0 Å². The minimum absolute atomic E-state index is 0.0947. The Hall–Kier alpha value is -1.30. The first kappa shape index (κ1) is 9.70. The third kappa shape index (κ3) is 4.15. The van der Waals surface area contributed by atoms with Gasteiger partial charge in [-0.1, -0.05) is 6.08 Å². The molecule has 3 nitrogen and oxygen atoms in total. The van der Waals surface area contributed by atoms with Gasteiger partial charge in [-0.3, -0.25) is 4.79 Å². The molecule has 0 radical (unpaired) electrons. The van der Waals surface area contributed by atoms with Crippen LogP contribution >= 0.6 is 0 Å². The molecule has 0 unspecified atom stereocenters. The predicted molar refractivity (Wildman–Crippen MR) is 42.7 cm³/mol. The van der Waals surface area contributed by atoms with Crippen LogP contribution in [0.25, 0.3) is 0 Å². The van der Waals surface area contributed by atoms with Crippen molar-refractivity contribution < 1.29 is 4.79 Å². The number of nitriles is 1. The normalized spacial score (nSPS) is 10.5. The van der Waals surface area contributed by atoms with Gasteiger partial charge in [0.1, 0.15) is 0 Å². The number of carbonyl (C=O) groups is 1. The van der Waals surface area contributed by atoms with Crippen LogP contribution in [0.2, 0.25) is 0 Å². The zero-order valence-corrected chi connectivity index (χ0v) is 6.85. The van der Waals surface area contributed by atoms with Crippen molar-refractivity contribution in [2.24, 2.45) is 0 Å². The molecule has 0 bridgehead atoms. The van der Waals surface area contributed by atoms with Crippen molar-refractivity contribution in [2.75, 3.05) is 6.54 Å². The lowest BCUT2D eigenvalue weighted by Crippen LogP contribution is -2.24. The first-order valence-electron chi connectivity index (χ1n) is 3.50. The monoisotopic (exact) mass is 152 g/mol. The second-order valence-electron chi connectivity index (χ2n) is 2.14. The smallest absolute Gasteiger partial charge is 0.246 e. The van der Waals surface area contributed by atoms with Crippen LogP contribution in [-0.4, -0.2) is 12.5 Å². The minimum atomic E-state index is -0.0947. The van der Waals surface area contributed by atoms with Gasteiger partial charge in [0.25, 0.3) is 0 Å². The van der Waals surface area contributed by atoms with Crippen LogP contribution in [0.5, 0.6) is 0 Å². The van der Waals surface area contributed by atoms with Gasteiger partial charge >= 0.3 is 0 Å². The summed E-state index contributed by atoms with van der Waals surface area (Å²) in [6.07, 6.45) is 2.10. The molecule has 0 saturated heterocycles. The van der Waals surface area contributed by atoms with Crippen LogP contribution in [0.1, 0.15) is 20.3 Å². The quantitative estimate of drug-likeness (QED) is 0.484. The highest BCUT2D eigenvalue weighted by Gasteiger charge is 1.99. The Morgan fingerprint density at radius 3 is 2.82 bits per heavy atom. The summed E-state index contributed by atoms with van der Waals surface area (Å²) in [6.45, 7) is 3.97. The molecule has 0 aliphatic rings. The second-order valence-corrected chi connectivity index (χ2v) is 2.14. The molecule has 0 aromatic carbocycles. The van der Waals surface area contributed by atoms with E-state index < -0.39 is 0 Å². The Morgan fingerprint density at radius 2 is 2.36 bits per heavy atom. The number of rotatable bonds is 3. The zero-order chi connectivity index (χ0) is 8.69. The maximum atomic E-state index is 11.0. The molecule has 0 fully saturated rings. The van der Waals surface area contributed by atoms with Crippen molar-refractivity contribution in [1.29, 1.82) is 5.26 Å². The van der Waals surface area contributed by atoms with E-state index in [4.69, 9.17) is 5.26 Å². The Labute approximate surface area is 66.7 Å². The Morgan fingerprint density at radius 1 is 1.73 bits per heavy atom. The third-order valence-electron chi connectivity index (χ3n) is 1.31. The first-order chi connectivity index (χ1) is 5.22. The van der Waals surface area contributed by atoms with E-state index >= 15 is 0 Å². The Balaban J connectivity index is 3.64. The van der Waals surface area contributed by atoms with E-state index in [2.05, 4.69) is 5.32 Å². The number of carbonyl (C=O) groups excluding carboxylic acids is 1. The average Bonchev–Trinajstić information content (AvgIpc) is 2.03. The third-order valence-corrected chi connectivity index (χ3v) is 1.31. The molecular weight excluding hydrogens is 140 g/mol. The summed E-state index contributed by atoms with van der Waals surface area (Å²) in [7, 11) is 0. The number of nitrogens with zero attached hydrogens (tertiary/aromatic N) is 1.